The van der Waals surface area contributed by atoms with Gasteiger partial charge in [0.25, 0.3) is 11.8 Å². The van der Waals surface area contributed by atoms with Crippen LogP contribution in [0.25, 0.3) is 0 Å². The summed E-state index contributed by atoms with van der Waals surface area (Å²) in [6, 6.07) is 17.2. The van der Waals surface area contributed by atoms with E-state index in [1.54, 1.807) is 30.8 Å². The lowest BCUT2D eigenvalue weighted by Crippen LogP contribution is -2.44. The van der Waals surface area contributed by atoms with E-state index in [4.69, 9.17) is 0 Å². The second kappa shape index (κ2) is 11.2. The maximum absolute atomic E-state index is 12.4. The third kappa shape index (κ3) is 7.10. The van der Waals surface area contributed by atoms with Crippen molar-refractivity contribution in [3.8, 4) is 0 Å². The highest BCUT2D eigenvalue weighted by atomic mass is 32.2. The Balaban J connectivity index is 1.47. The number of thioether (sulfide) groups is 2. The Morgan fingerprint density at radius 2 is 1.53 bits per heavy atom. The van der Waals surface area contributed by atoms with Crippen LogP contribution < -0.4 is 10.9 Å². The third-order valence-electron chi connectivity index (χ3n) is 4.55. The lowest BCUT2D eigenvalue weighted by Gasteiger charge is -2.13. The van der Waals surface area contributed by atoms with Crippen LogP contribution in [0.5, 0.6) is 0 Å². The van der Waals surface area contributed by atoms with Gasteiger partial charge in [0.2, 0.25) is 0 Å². The SMILES string of the molecule is Cc1ccc(SC(C)C(=O)NNC(=O)c2ccc(CSc3nc(C)cc(C)n3)cc2)cc1. The second-order valence-corrected chi connectivity index (χ2v) is 9.79. The van der Waals surface area contributed by atoms with E-state index >= 15 is 0 Å². The van der Waals surface area contributed by atoms with Crippen molar-refractivity contribution in [2.24, 2.45) is 0 Å². The first-order valence-corrected chi connectivity index (χ1v) is 12.0. The molecule has 0 saturated carbocycles. The standard InChI is InChI=1S/C24H26N4O2S2/c1-15-5-11-21(12-6-15)32-18(4)22(29)27-28-23(30)20-9-7-19(8-10-20)14-31-24-25-16(2)13-17(3)26-24/h5-13,18H,14H2,1-4H3,(H,27,29)(H,28,30). The van der Waals surface area contributed by atoms with Crippen LogP contribution in [0.2, 0.25) is 0 Å². The molecule has 0 aliphatic heterocycles. The van der Waals surface area contributed by atoms with Crippen LogP contribution in [-0.2, 0) is 10.5 Å². The highest BCUT2D eigenvalue weighted by Crippen LogP contribution is 2.23. The van der Waals surface area contributed by atoms with Gasteiger partial charge in [0.1, 0.15) is 0 Å². The van der Waals surface area contributed by atoms with Gasteiger partial charge < -0.3 is 0 Å². The Hall–Kier alpha value is -2.84. The number of nitrogens with zero attached hydrogens (tertiary/aromatic N) is 2. The summed E-state index contributed by atoms with van der Waals surface area (Å²) < 4.78 is 0. The van der Waals surface area contributed by atoms with Crippen molar-refractivity contribution in [3.05, 3.63) is 82.7 Å². The molecule has 1 heterocycles. The van der Waals surface area contributed by atoms with E-state index in [0.717, 1.165) is 27.0 Å². The normalized spacial score (nSPS) is 11.6. The van der Waals surface area contributed by atoms with Gasteiger partial charge in [-0.05, 0) is 63.6 Å². The van der Waals surface area contributed by atoms with E-state index in [1.807, 2.05) is 63.2 Å². The summed E-state index contributed by atoms with van der Waals surface area (Å²) in [5.74, 6) is 0.0862. The van der Waals surface area contributed by atoms with Gasteiger partial charge in [-0.1, -0.05) is 41.6 Å². The fraction of sp³-hybridized carbons (Fsp3) is 0.250. The first-order valence-electron chi connectivity index (χ1n) is 10.2. The molecule has 2 aromatic carbocycles. The average Bonchev–Trinajstić information content (AvgIpc) is 2.77. The molecule has 166 valence electrons. The van der Waals surface area contributed by atoms with E-state index < -0.39 is 0 Å². The summed E-state index contributed by atoms with van der Waals surface area (Å²) in [5, 5.41) is 0.398. The number of amides is 2. The lowest BCUT2D eigenvalue weighted by molar-refractivity contribution is -0.121. The van der Waals surface area contributed by atoms with Crippen molar-refractivity contribution >= 4 is 35.3 Å². The van der Waals surface area contributed by atoms with Crippen LogP contribution in [0.15, 0.2) is 64.6 Å². The van der Waals surface area contributed by atoms with Crippen molar-refractivity contribution in [2.45, 2.75) is 48.7 Å². The molecule has 0 fully saturated rings. The molecule has 32 heavy (non-hydrogen) atoms. The summed E-state index contributed by atoms with van der Waals surface area (Å²) in [5.41, 5.74) is 9.58. The molecule has 1 atom stereocenters. The fourth-order valence-corrected chi connectivity index (χ4v) is 4.60. The molecule has 0 saturated heterocycles. The summed E-state index contributed by atoms with van der Waals surface area (Å²) >= 11 is 2.99. The minimum atomic E-state index is -0.359. The number of aromatic nitrogens is 2. The van der Waals surface area contributed by atoms with E-state index in [0.29, 0.717) is 11.3 Å². The summed E-state index contributed by atoms with van der Waals surface area (Å²) in [6.07, 6.45) is 0. The molecule has 0 spiro atoms. The topological polar surface area (TPSA) is 84.0 Å². The average molecular weight is 467 g/mol. The zero-order valence-electron chi connectivity index (χ0n) is 18.5. The molecule has 8 heteroatoms. The number of carbonyl (C=O) groups is 2. The predicted molar refractivity (Wildman–Crippen MR) is 130 cm³/mol. The molecule has 0 aliphatic rings. The number of benzene rings is 2. The van der Waals surface area contributed by atoms with Gasteiger partial charge in [-0.3, -0.25) is 20.4 Å². The first-order chi connectivity index (χ1) is 15.3. The van der Waals surface area contributed by atoms with Gasteiger partial charge in [0, 0.05) is 27.6 Å². The van der Waals surface area contributed by atoms with E-state index in [2.05, 4.69) is 20.8 Å². The third-order valence-corrected chi connectivity index (χ3v) is 6.58. The van der Waals surface area contributed by atoms with Crippen LogP contribution in [-0.4, -0.2) is 27.0 Å². The summed E-state index contributed by atoms with van der Waals surface area (Å²) in [4.78, 5) is 34.5. The van der Waals surface area contributed by atoms with Gasteiger partial charge in [-0.2, -0.15) is 0 Å². The Labute approximate surface area is 197 Å². The Morgan fingerprint density at radius 3 is 2.16 bits per heavy atom. The smallest absolute Gasteiger partial charge is 0.269 e. The van der Waals surface area contributed by atoms with Crippen molar-refractivity contribution in [2.75, 3.05) is 0 Å². The molecular formula is C24H26N4O2S2. The monoisotopic (exact) mass is 466 g/mol. The summed E-state index contributed by atoms with van der Waals surface area (Å²) in [7, 11) is 0. The number of carbonyl (C=O) groups excluding carboxylic acids is 2. The zero-order chi connectivity index (χ0) is 23.1. The second-order valence-electron chi connectivity index (χ2n) is 7.44. The van der Waals surface area contributed by atoms with E-state index in [-0.39, 0.29) is 17.1 Å². The number of hydrazine groups is 1. The highest BCUT2D eigenvalue weighted by molar-refractivity contribution is 8.00. The molecule has 3 aromatic rings. The molecule has 3 rings (SSSR count). The zero-order valence-corrected chi connectivity index (χ0v) is 20.1. The molecule has 2 N–H and O–H groups in total. The van der Waals surface area contributed by atoms with Gasteiger partial charge in [0.15, 0.2) is 5.16 Å². The number of hydrogen-bond acceptors (Lipinski definition) is 6. The van der Waals surface area contributed by atoms with E-state index in [9.17, 15) is 9.59 Å². The van der Waals surface area contributed by atoms with E-state index in [1.165, 1.54) is 17.3 Å². The van der Waals surface area contributed by atoms with Crippen molar-refractivity contribution in [1.82, 2.24) is 20.8 Å². The molecule has 1 aromatic heterocycles. The van der Waals surface area contributed by atoms with Crippen LogP contribution in [0.1, 0.15) is 39.8 Å². The molecule has 0 bridgehead atoms. The largest absolute Gasteiger partial charge is 0.272 e. The van der Waals surface area contributed by atoms with Crippen LogP contribution >= 0.6 is 23.5 Å². The Kier molecular flexibility index (Phi) is 8.30. The Morgan fingerprint density at radius 1 is 0.906 bits per heavy atom. The highest BCUT2D eigenvalue weighted by Gasteiger charge is 2.15. The molecule has 0 aliphatic carbocycles. The first kappa shape index (κ1) is 23.8. The molecule has 0 radical (unpaired) electrons. The maximum atomic E-state index is 12.4. The molecule has 1 unspecified atom stereocenters. The minimum absolute atomic E-state index is 0.259. The van der Waals surface area contributed by atoms with Gasteiger partial charge in [-0.15, -0.1) is 11.8 Å². The van der Waals surface area contributed by atoms with Gasteiger partial charge in [-0.25, -0.2) is 9.97 Å². The lowest BCUT2D eigenvalue weighted by atomic mass is 10.1. The van der Waals surface area contributed by atoms with Crippen molar-refractivity contribution in [1.29, 1.82) is 0 Å². The number of aryl methyl sites for hydroxylation is 3. The maximum Gasteiger partial charge on any atom is 0.269 e. The van der Waals surface area contributed by atoms with Gasteiger partial charge >= 0.3 is 0 Å². The Bertz CT molecular complexity index is 1070. The molecular weight excluding hydrogens is 440 g/mol. The van der Waals surface area contributed by atoms with Crippen LogP contribution in [0.3, 0.4) is 0 Å². The van der Waals surface area contributed by atoms with Crippen LogP contribution in [0, 0.1) is 20.8 Å². The minimum Gasteiger partial charge on any atom is -0.272 e. The number of hydrogen-bond donors (Lipinski definition) is 2. The predicted octanol–water partition coefficient (Wildman–Crippen LogP) is 4.64. The fourth-order valence-electron chi connectivity index (χ4n) is 2.83. The number of rotatable bonds is 7. The molecule has 2 amide bonds. The quantitative estimate of drug-likeness (QED) is 0.300. The summed E-state index contributed by atoms with van der Waals surface area (Å²) in [6.45, 7) is 7.72. The van der Waals surface area contributed by atoms with Crippen LogP contribution in [0.4, 0.5) is 0 Å². The van der Waals surface area contributed by atoms with Crippen molar-refractivity contribution < 1.29 is 9.59 Å². The number of nitrogens with one attached hydrogen (secondary N) is 2. The molecule has 6 nitrogen and oxygen atoms in total. The van der Waals surface area contributed by atoms with Gasteiger partial charge in [0.05, 0.1) is 5.25 Å². The van der Waals surface area contributed by atoms with Crippen molar-refractivity contribution in [3.63, 3.8) is 0 Å².